The molecule has 15 heavy (non-hydrogen) atoms. The van der Waals surface area contributed by atoms with Gasteiger partial charge in [0, 0.05) is 18.0 Å². The predicted octanol–water partition coefficient (Wildman–Crippen LogP) is 3.02. The van der Waals surface area contributed by atoms with Gasteiger partial charge in [0.25, 0.3) is 0 Å². The van der Waals surface area contributed by atoms with Crippen LogP contribution in [0.1, 0.15) is 54.9 Å². The number of carbonyl (C=O) groups excluding carboxylic acids is 1. The Balaban J connectivity index is 4.30. The van der Waals surface area contributed by atoms with Gasteiger partial charge < -0.3 is 5.32 Å². The lowest BCUT2D eigenvalue weighted by Crippen LogP contribution is -2.38. The first-order chi connectivity index (χ1) is 6.57. The molecule has 0 saturated carbocycles. The molecule has 0 aliphatic rings. The molecular formula is C13H27NO. The summed E-state index contributed by atoms with van der Waals surface area (Å²) in [5.41, 5.74) is -0.0401. The number of nitrogens with one attached hydrogen (secondary N) is 1. The summed E-state index contributed by atoms with van der Waals surface area (Å²) in [7, 11) is 0. The van der Waals surface area contributed by atoms with E-state index in [9.17, 15) is 4.79 Å². The third kappa shape index (κ3) is 5.93. The summed E-state index contributed by atoms with van der Waals surface area (Å²) in [4.78, 5) is 11.5. The highest BCUT2D eigenvalue weighted by Crippen LogP contribution is 2.33. The minimum absolute atomic E-state index is 0.166. The third-order valence-electron chi connectivity index (χ3n) is 2.86. The van der Waals surface area contributed by atoms with Gasteiger partial charge in [-0.3, -0.25) is 4.79 Å². The van der Waals surface area contributed by atoms with Crippen LogP contribution in [0.25, 0.3) is 0 Å². The second-order valence-corrected chi connectivity index (χ2v) is 6.32. The van der Waals surface area contributed by atoms with Crippen LogP contribution >= 0.6 is 0 Å². The topological polar surface area (TPSA) is 29.1 Å². The Bertz CT molecular complexity index is 217. The largest absolute Gasteiger partial charge is 0.314 e. The molecule has 0 fully saturated rings. The van der Waals surface area contributed by atoms with Crippen LogP contribution in [0.15, 0.2) is 0 Å². The van der Waals surface area contributed by atoms with Crippen LogP contribution in [-0.2, 0) is 4.79 Å². The van der Waals surface area contributed by atoms with E-state index in [2.05, 4.69) is 33.0 Å². The van der Waals surface area contributed by atoms with E-state index in [4.69, 9.17) is 0 Å². The molecule has 0 aliphatic carbocycles. The lowest BCUT2D eigenvalue weighted by molar-refractivity contribution is -0.126. The second-order valence-electron chi connectivity index (χ2n) is 6.32. The monoisotopic (exact) mass is 213 g/mol. The van der Waals surface area contributed by atoms with Crippen LogP contribution in [-0.4, -0.2) is 18.4 Å². The Morgan fingerprint density at radius 3 is 2.00 bits per heavy atom. The van der Waals surface area contributed by atoms with E-state index in [0.717, 1.165) is 13.0 Å². The van der Waals surface area contributed by atoms with Crippen LogP contribution in [0.3, 0.4) is 0 Å². The van der Waals surface area contributed by atoms with Gasteiger partial charge >= 0.3 is 0 Å². The molecule has 0 radical (unpaired) electrons. The molecule has 0 unspecified atom stereocenters. The van der Waals surface area contributed by atoms with Gasteiger partial charge in [-0.1, -0.05) is 41.5 Å². The van der Waals surface area contributed by atoms with Crippen molar-refractivity contribution < 1.29 is 4.79 Å². The number of rotatable bonds is 6. The van der Waals surface area contributed by atoms with E-state index in [-0.39, 0.29) is 16.6 Å². The molecule has 0 spiro atoms. The number of hydrogen-bond acceptors (Lipinski definition) is 2. The maximum absolute atomic E-state index is 11.5. The molecule has 2 nitrogen and oxygen atoms in total. The number of hydrogen-bond donors (Lipinski definition) is 1. The van der Waals surface area contributed by atoms with Crippen LogP contribution in [0, 0.1) is 10.8 Å². The summed E-state index contributed by atoms with van der Waals surface area (Å²) in [6.45, 7) is 15.4. The van der Waals surface area contributed by atoms with Gasteiger partial charge in [-0.15, -0.1) is 0 Å². The van der Waals surface area contributed by atoms with Crippen LogP contribution < -0.4 is 5.32 Å². The fourth-order valence-electron chi connectivity index (χ4n) is 1.86. The van der Waals surface area contributed by atoms with E-state index in [0.29, 0.717) is 6.04 Å². The minimum atomic E-state index is -0.206. The number of carbonyl (C=O) groups is 1. The van der Waals surface area contributed by atoms with Crippen molar-refractivity contribution in [3.63, 3.8) is 0 Å². The van der Waals surface area contributed by atoms with Gasteiger partial charge in [0.05, 0.1) is 0 Å². The zero-order chi connectivity index (χ0) is 12.3. The summed E-state index contributed by atoms with van der Waals surface area (Å²) < 4.78 is 0. The summed E-state index contributed by atoms with van der Waals surface area (Å²) in [5.74, 6) is 0.278. The SMILES string of the molecule is CC(=O)C(C)(C)CC(C)(C)CNC(C)C. The fourth-order valence-corrected chi connectivity index (χ4v) is 1.86. The fraction of sp³-hybridized carbons (Fsp3) is 0.923. The maximum atomic E-state index is 11.5. The molecule has 0 aliphatic heterocycles. The van der Waals surface area contributed by atoms with Crippen LogP contribution in [0.5, 0.6) is 0 Å². The van der Waals surface area contributed by atoms with E-state index >= 15 is 0 Å². The van der Waals surface area contributed by atoms with Crippen molar-refractivity contribution in [2.75, 3.05) is 6.54 Å². The quantitative estimate of drug-likeness (QED) is 0.735. The first-order valence-electron chi connectivity index (χ1n) is 5.81. The zero-order valence-electron chi connectivity index (χ0n) is 11.4. The lowest BCUT2D eigenvalue weighted by Gasteiger charge is -2.34. The molecule has 1 N–H and O–H groups in total. The Kier molecular flexibility index (Phi) is 4.98. The van der Waals surface area contributed by atoms with Gasteiger partial charge in [0.15, 0.2) is 0 Å². The van der Waals surface area contributed by atoms with E-state index < -0.39 is 0 Å². The van der Waals surface area contributed by atoms with Gasteiger partial charge in [0.1, 0.15) is 5.78 Å². The highest BCUT2D eigenvalue weighted by molar-refractivity contribution is 5.81. The molecule has 0 heterocycles. The Morgan fingerprint density at radius 2 is 1.67 bits per heavy atom. The molecule has 90 valence electrons. The molecule has 0 aromatic carbocycles. The van der Waals surface area contributed by atoms with Crippen LogP contribution in [0.2, 0.25) is 0 Å². The molecular weight excluding hydrogens is 186 g/mol. The first-order valence-corrected chi connectivity index (χ1v) is 5.81. The standard InChI is InChI=1S/C13H27NO/c1-10(2)14-9-12(4,5)8-13(6,7)11(3)15/h10,14H,8-9H2,1-7H3. The highest BCUT2D eigenvalue weighted by atomic mass is 16.1. The summed E-state index contributed by atoms with van der Waals surface area (Å²) >= 11 is 0. The molecule has 0 aromatic heterocycles. The molecule has 0 rings (SSSR count). The van der Waals surface area contributed by atoms with Gasteiger partial charge in [-0.05, 0) is 18.8 Å². The van der Waals surface area contributed by atoms with E-state index in [1.807, 2.05) is 13.8 Å². The molecule has 0 bridgehead atoms. The predicted molar refractivity (Wildman–Crippen MR) is 66.0 cm³/mol. The molecule has 0 atom stereocenters. The van der Waals surface area contributed by atoms with E-state index in [1.54, 1.807) is 6.92 Å². The van der Waals surface area contributed by atoms with Crippen molar-refractivity contribution in [2.45, 2.75) is 60.9 Å². The lowest BCUT2D eigenvalue weighted by atomic mass is 9.73. The summed E-state index contributed by atoms with van der Waals surface area (Å²) in [6.07, 6.45) is 0.926. The van der Waals surface area contributed by atoms with E-state index in [1.165, 1.54) is 0 Å². The average molecular weight is 213 g/mol. The third-order valence-corrected chi connectivity index (χ3v) is 2.86. The maximum Gasteiger partial charge on any atom is 0.135 e. The van der Waals surface area contributed by atoms with Crippen LogP contribution in [0.4, 0.5) is 0 Å². The Morgan fingerprint density at radius 1 is 1.20 bits per heavy atom. The second kappa shape index (κ2) is 5.11. The minimum Gasteiger partial charge on any atom is -0.314 e. The highest BCUT2D eigenvalue weighted by Gasteiger charge is 2.32. The van der Waals surface area contributed by atoms with Crippen molar-refractivity contribution in [3.05, 3.63) is 0 Å². The van der Waals surface area contributed by atoms with Crippen molar-refractivity contribution in [1.82, 2.24) is 5.32 Å². The van der Waals surface area contributed by atoms with Crippen molar-refractivity contribution >= 4 is 5.78 Å². The smallest absolute Gasteiger partial charge is 0.135 e. The van der Waals surface area contributed by atoms with Crippen molar-refractivity contribution in [1.29, 1.82) is 0 Å². The zero-order valence-corrected chi connectivity index (χ0v) is 11.4. The molecule has 0 aromatic rings. The summed E-state index contributed by atoms with van der Waals surface area (Å²) in [6, 6.07) is 0.504. The van der Waals surface area contributed by atoms with Gasteiger partial charge in [-0.2, -0.15) is 0 Å². The van der Waals surface area contributed by atoms with Gasteiger partial charge in [0.2, 0.25) is 0 Å². The van der Waals surface area contributed by atoms with Crippen molar-refractivity contribution in [3.8, 4) is 0 Å². The molecule has 0 saturated heterocycles. The normalized spacial score (nSPS) is 13.3. The Labute approximate surface area is 94.8 Å². The number of Topliss-reactive ketones (excluding diaryl/α,β-unsaturated/α-hetero) is 1. The molecule has 2 heteroatoms. The molecule has 0 amide bonds. The first kappa shape index (κ1) is 14.6. The number of ketones is 1. The average Bonchev–Trinajstić information content (AvgIpc) is 1.99. The summed E-state index contributed by atoms with van der Waals surface area (Å²) in [5, 5.41) is 3.44. The van der Waals surface area contributed by atoms with Crippen molar-refractivity contribution in [2.24, 2.45) is 10.8 Å². The van der Waals surface area contributed by atoms with Gasteiger partial charge in [-0.25, -0.2) is 0 Å². The Hall–Kier alpha value is -0.370.